The molecule has 2 aliphatic heterocycles. The first-order valence-corrected chi connectivity index (χ1v) is 13.0. The third-order valence-corrected chi connectivity index (χ3v) is 7.61. The molecule has 1 aromatic heterocycles. The fourth-order valence-electron chi connectivity index (χ4n) is 4.15. The summed E-state index contributed by atoms with van der Waals surface area (Å²) in [5, 5.41) is 1.19. The molecule has 2 aliphatic rings. The van der Waals surface area contributed by atoms with Gasteiger partial charge in [-0.15, -0.1) is 0 Å². The van der Waals surface area contributed by atoms with E-state index < -0.39 is 11.1 Å². The fourth-order valence-corrected chi connectivity index (χ4v) is 5.47. The predicted molar refractivity (Wildman–Crippen MR) is 140 cm³/mol. The van der Waals surface area contributed by atoms with E-state index in [1.54, 1.807) is 11.0 Å². The number of fused-ring (bicyclic) bond motifs is 1. The van der Waals surface area contributed by atoms with Gasteiger partial charge >= 0.3 is 0 Å². The molecule has 5 rings (SSSR count). The van der Waals surface area contributed by atoms with E-state index in [1.807, 2.05) is 48.7 Å². The number of morpholine rings is 1. The normalized spacial score (nSPS) is 17.7. The van der Waals surface area contributed by atoms with Crippen LogP contribution in [-0.4, -0.2) is 64.3 Å². The highest BCUT2D eigenvalue weighted by Gasteiger charge is 2.37. The van der Waals surface area contributed by atoms with Crippen molar-refractivity contribution in [2.24, 2.45) is 0 Å². The second-order valence-electron chi connectivity index (χ2n) is 8.26. The van der Waals surface area contributed by atoms with Gasteiger partial charge in [0.15, 0.2) is 0 Å². The second kappa shape index (κ2) is 10.2. The minimum atomic E-state index is -0.449. The number of carbonyl (C=O) groups is 3. The van der Waals surface area contributed by atoms with Crippen LogP contribution in [0.3, 0.4) is 0 Å². The highest BCUT2D eigenvalue weighted by molar-refractivity contribution is 9.10. The molecule has 0 bridgehead atoms. The molecule has 2 fully saturated rings. The van der Waals surface area contributed by atoms with Gasteiger partial charge in [-0.25, -0.2) is 0 Å². The first-order chi connectivity index (χ1) is 16.9. The number of hydrogen-bond donors (Lipinski definition) is 0. The monoisotopic (exact) mass is 573 g/mol. The Morgan fingerprint density at radius 2 is 1.86 bits per heavy atom. The Morgan fingerprint density at radius 3 is 2.60 bits per heavy atom. The van der Waals surface area contributed by atoms with Gasteiger partial charge in [-0.1, -0.05) is 39.7 Å². The molecule has 0 radical (unpaired) electrons. The van der Waals surface area contributed by atoms with Gasteiger partial charge in [-0.05, 0) is 53.7 Å². The molecule has 0 spiro atoms. The Kier molecular flexibility index (Phi) is 7.02. The van der Waals surface area contributed by atoms with E-state index in [1.165, 1.54) is 0 Å². The summed E-state index contributed by atoms with van der Waals surface area (Å²) in [5.74, 6) is -0.699. The summed E-state index contributed by atoms with van der Waals surface area (Å²) < 4.78 is 8.28. The van der Waals surface area contributed by atoms with Crippen LogP contribution >= 0.6 is 39.3 Å². The van der Waals surface area contributed by atoms with Crippen molar-refractivity contribution in [1.82, 2.24) is 14.4 Å². The first-order valence-electron chi connectivity index (χ1n) is 11.0. The van der Waals surface area contributed by atoms with E-state index in [4.69, 9.17) is 16.3 Å². The summed E-state index contributed by atoms with van der Waals surface area (Å²) >= 11 is 10.4. The number of aromatic nitrogens is 1. The van der Waals surface area contributed by atoms with Crippen molar-refractivity contribution < 1.29 is 19.1 Å². The van der Waals surface area contributed by atoms with Crippen LogP contribution < -0.4 is 0 Å². The quantitative estimate of drug-likeness (QED) is 0.401. The molecule has 2 aromatic carbocycles. The predicted octanol–water partition coefficient (Wildman–Crippen LogP) is 5.00. The van der Waals surface area contributed by atoms with E-state index in [0.717, 1.165) is 43.2 Å². The minimum Gasteiger partial charge on any atom is -0.378 e. The maximum absolute atomic E-state index is 13.1. The van der Waals surface area contributed by atoms with Crippen molar-refractivity contribution in [3.05, 3.63) is 74.2 Å². The third kappa shape index (κ3) is 5.18. The topological polar surface area (TPSA) is 71.9 Å². The summed E-state index contributed by atoms with van der Waals surface area (Å²) in [6, 6.07) is 13.6. The molecule has 0 N–H and O–H groups in total. The van der Waals surface area contributed by atoms with Crippen LogP contribution in [-0.2, 0) is 20.9 Å². The lowest BCUT2D eigenvalue weighted by Crippen LogP contribution is -2.46. The van der Waals surface area contributed by atoms with E-state index >= 15 is 0 Å². The maximum Gasteiger partial charge on any atom is 0.294 e. The lowest BCUT2D eigenvalue weighted by Gasteiger charge is -2.28. The zero-order valence-corrected chi connectivity index (χ0v) is 21.7. The fraction of sp³-hybridized carbons (Fsp3) is 0.240. The summed E-state index contributed by atoms with van der Waals surface area (Å²) in [4.78, 5) is 41.2. The van der Waals surface area contributed by atoms with Crippen LogP contribution in [0.1, 0.15) is 11.1 Å². The largest absolute Gasteiger partial charge is 0.378 e. The zero-order chi connectivity index (χ0) is 24.5. The lowest BCUT2D eigenvalue weighted by atomic mass is 10.1. The number of amides is 3. The van der Waals surface area contributed by atoms with E-state index in [0.29, 0.717) is 42.8 Å². The van der Waals surface area contributed by atoms with Crippen LogP contribution in [0.5, 0.6) is 0 Å². The lowest BCUT2D eigenvalue weighted by molar-refractivity contribution is -0.139. The van der Waals surface area contributed by atoms with Gasteiger partial charge in [0.25, 0.3) is 11.1 Å². The molecule has 0 aliphatic carbocycles. The highest BCUT2D eigenvalue weighted by atomic mass is 79.9. The van der Waals surface area contributed by atoms with Gasteiger partial charge in [0.1, 0.15) is 6.54 Å². The van der Waals surface area contributed by atoms with Crippen molar-refractivity contribution in [2.75, 3.05) is 32.8 Å². The summed E-state index contributed by atoms with van der Waals surface area (Å²) in [7, 11) is 0. The summed E-state index contributed by atoms with van der Waals surface area (Å²) in [5.41, 5.74) is 2.90. The number of imide groups is 1. The van der Waals surface area contributed by atoms with Crippen molar-refractivity contribution in [3.8, 4) is 0 Å². The van der Waals surface area contributed by atoms with Crippen molar-refractivity contribution >= 4 is 73.3 Å². The van der Waals surface area contributed by atoms with Crippen LogP contribution in [0, 0.1) is 0 Å². The molecule has 180 valence electrons. The van der Waals surface area contributed by atoms with E-state index in [-0.39, 0.29) is 12.5 Å². The molecule has 0 atom stereocenters. The van der Waals surface area contributed by atoms with Crippen LogP contribution in [0.15, 0.2) is 58.0 Å². The van der Waals surface area contributed by atoms with E-state index in [2.05, 4.69) is 20.5 Å². The van der Waals surface area contributed by atoms with Gasteiger partial charge in [0.05, 0.1) is 18.1 Å². The number of hydrogen-bond acceptors (Lipinski definition) is 5. The Hall–Kier alpha value is -2.59. The van der Waals surface area contributed by atoms with Gasteiger partial charge in [0, 0.05) is 51.8 Å². The van der Waals surface area contributed by atoms with Gasteiger partial charge < -0.3 is 14.2 Å². The molecule has 3 heterocycles. The van der Waals surface area contributed by atoms with Crippen LogP contribution in [0.4, 0.5) is 4.79 Å². The average Bonchev–Trinajstić information content (AvgIpc) is 3.32. The van der Waals surface area contributed by atoms with Crippen LogP contribution in [0.25, 0.3) is 17.0 Å². The number of nitrogens with zero attached hydrogens (tertiary/aromatic N) is 3. The van der Waals surface area contributed by atoms with Gasteiger partial charge in [-0.3, -0.25) is 19.3 Å². The molecule has 3 amide bonds. The number of carbonyl (C=O) groups excluding carboxylic acids is 3. The molecule has 3 aromatic rings. The molecular formula is C25H21BrClN3O4S. The Bertz CT molecular complexity index is 1350. The molecule has 7 nitrogen and oxygen atoms in total. The molecule has 0 unspecified atom stereocenters. The third-order valence-electron chi connectivity index (χ3n) is 5.96. The standard InChI is InChI=1S/C25H21BrClN3O4S/c26-18-3-6-21-20(12-18)17(14-29(21)13-16-1-4-19(27)5-2-16)11-22-24(32)30(25(33)35-22)15-23(31)28-7-9-34-10-8-28/h1-6,11-12,14H,7-10,13,15H2/b22-11-. The Morgan fingerprint density at radius 1 is 1.11 bits per heavy atom. The summed E-state index contributed by atoms with van der Waals surface area (Å²) in [6.45, 7) is 2.22. The van der Waals surface area contributed by atoms with E-state index in [9.17, 15) is 14.4 Å². The van der Waals surface area contributed by atoms with Crippen molar-refractivity contribution in [2.45, 2.75) is 6.54 Å². The number of halogens is 2. The molecule has 0 saturated carbocycles. The summed E-state index contributed by atoms with van der Waals surface area (Å²) in [6.07, 6.45) is 3.70. The SMILES string of the molecule is O=C(CN1C(=O)S/C(=C\c2cn(Cc3ccc(Cl)cc3)c3ccc(Br)cc23)C1=O)N1CCOCC1. The van der Waals surface area contributed by atoms with Crippen molar-refractivity contribution in [3.63, 3.8) is 0 Å². The molecular weight excluding hydrogens is 554 g/mol. The average molecular weight is 575 g/mol. The number of thioether (sulfide) groups is 1. The molecule has 35 heavy (non-hydrogen) atoms. The van der Waals surface area contributed by atoms with Crippen molar-refractivity contribution in [1.29, 1.82) is 0 Å². The zero-order valence-electron chi connectivity index (χ0n) is 18.6. The molecule has 10 heteroatoms. The number of benzene rings is 2. The second-order valence-corrected chi connectivity index (χ2v) is 10.6. The number of ether oxygens (including phenoxy) is 1. The van der Waals surface area contributed by atoms with Gasteiger partial charge in [-0.2, -0.15) is 0 Å². The highest BCUT2D eigenvalue weighted by Crippen LogP contribution is 2.35. The molecule has 2 saturated heterocycles. The smallest absolute Gasteiger partial charge is 0.294 e. The Balaban J connectivity index is 1.42. The minimum absolute atomic E-state index is 0.250. The van der Waals surface area contributed by atoms with Crippen LogP contribution in [0.2, 0.25) is 5.02 Å². The Labute approximate surface area is 219 Å². The maximum atomic E-state index is 13.1. The van der Waals surface area contributed by atoms with Gasteiger partial charge in [0.2, 0.25) is 5.91 Å². The first kappa shape index (κ1) is 24.1. The number of rotatable bonds is 5.